The van der Waals surface area contributed by atoms with E-state index in [2.05, 4.69) is 10.00 Å². The molecule has 24 heavy (non-hydrogen) atoms. The van der Waals surface area contributed by atoms with Gasteiger partial charge in [0.25, 0.3) is 0 Å². The fourth-order valence-corrected chi connectivity index (χ4v) is 3.30. The Bertz CT molecular complexity index is 723. The maximum atomic E-state index is 12.3. The first-order valence-corrected chi connectivity index (χ1v) is 8.71. The molecular formula is C17H20Cl2N4O. The van der Waals surface area contributed by atoms with Gasteiger partial charge in [-0.1, -0.05) is 29.3 Å². The maximum absolute atomic E-state index is 12.3. The molecule has 1 aliphatic heterocycles. The lowest BCUT2D eigenvalue weighted by atomic mass is 10.2. The van der Waals surface area contributed by atoms with Crippen LogP contribution in [0.5, 0.6) is 0 Å². The summed E-state index contributed by atoms with van der Waals surface area (Å²) in [5, 5.41) is 5.60. The van der Waals surface area contributed by atoms with Crippen molar-refractivity contribution in [1.82, 2.24) is 19.6 Å². The molecule has 2 heterocycles. The number of rotatable bonds is 4. The van der Waals surface area contributed by atoms with E-state index in [-0.39, 0.29) is 5.91 Å². The van der Waals surface area contributed by atoms with E-state index in [0.29, 0.717) is 16.6 Å². The number of halogens is 2. The molecule has 7 heteroatoms. The Labute approximate surface area is 151 Å². The van der Waals surface area contributed by atoms with E-state index in [1.165, 1.54) is 0 Å². The van der Waals surface area contributed by atoms with Gasteiger partial charge in [0.15, 0.2) is 0 Å². The first-order valence-electron chi connectivity index (χ1n) is 7.95. The van der Waals surface area contributed by atoms with Gasteiger partial charge in [-0.2, -0.15) is 5.10 Å². The van der Waals surface area contributed by atoms with Gasteiger partial charge in [0.05, 0.1) is 5.69 Å². The molecule has 0 atom stereocenters. The largest absolute Gasteiger partial charge is 0.339 e. The number of hydrogen-bond acceptors (Lipinski definition) is 3. The van der Waals surface area contributed by atoms with Gasteiger partial charge in [0, 0.05) is 49.0 Å². The number of hydrogen-bond donors (Lipinski definition) is 0. The predicted octanol–water partition coefficient (Wildman–Crippen LogP) is 2.84. The second kappa shape index (κ2) is 7.55. The SMILES string of the molecule is Cc1ccn(CC(=O)N2CCN(Cc3ccc(Cl)cc3Cl)CC2)n1. The molecule has 0 N–H and O–H groups in total. The number of amides is 1. The van der Waals surface area contributed by atoms with Crippen molar-refractivity contribution in [2.24, 2.45) is 0 Å². The molecule has 0 saturated carbocycles. The Morgan fingerprint density at radius 2 is 1.92 bits per heavy atom. The van der Waals surface area contributed by atoms with E-state index in [9.17, 15) is 4.79 Å². The minimum absolute atomic E-state index is 0.113. The van der Waals surface area contributed by atoms with Crippen molar-refractivity contribution >= 4 is 29.1 Å². The van der Waals surface area contributed by atoms with Gasteiger partial charge in [-0.3, -0.25) is 14.4 Å². The summed E-state index contributed by atoms with van der Waals surface area (Å²) in [6.07, 6.45) is 1.84. The van der Waals surface area contributed by atoms with Gasteiger partial charge in [0.1, 0.15) is 6.54 Å². The topological polar surface area (TPSA) is 41.4 Å². The standard InChI is InChI=1S/C17H20Cl2N4O/c1-13-4-5-23(20-13)12-17(24)22-8-6-21(7-9-22)11-14-2-3-15(18)10-16(14)19/h2-5,10H,6-9,11-12H2,1H3. The molecule has 0 radical (unpaired) electrons. The number of carbonyl (C=O) groups excluding carboxylic acids is 1. The summed E-state index contributed by atoms with van der Waals surface area (Å²) in [6.45, 7) is 6.12. The van der Waals surface area contributed by atoms with Crippen molar-refractivity contribution in [3.8, 4) is 0 Å². The maximum Gasteiger partial charge on any atom is 0.244 e. The molecule has 2 aromatic rings. The van der Waals surface area contributed by atoms with E-state index in [1.807, 2.05) is 36.2 Å². The minimum Gasteiger partial charge on any atom is -0.339 e. The van der Waals surface area contributed by atoms with Gasteiger partial charge in [-0.05, 0) is 30.7 Å². The average molecular weight is 367 g/mol. The van der Waals surface area contributed by atoms with Gasteiger partial charge in [-0.25, -0.2) is 0 Å². The van der Waals surface area contributed by atoms with Crippen LogP contribution in [-0.2, 0) is 17.9 Å². The molecule has 1 aliphatic rings. The second-order valence-electron chi connectivity index (χ2n) is 6.05. The Kier molecular flexibility index (Phi) is 5.43. The lowest BCUT2D eigenvalue weighted by Crippen LogP contribution is -2.49. The van der Waals surface area contributed by atoms with Crippen molar-refractivity contribution in [1.29, 1.82) is 0 Å². The minimum atomic E-state index is 0.113. The van der Waals surface area contributed by atoms with Crippen LogP contribution in [0.2, 0.25) is 10.0 Å². The zero-order chi connectivity index (χ0) is 17.1. The van der Waals surface area contributed by atoms with Crippen LogP contribution in [0.15, 0.2) is 30.5 Å². The third kappa shape index (κ3) is 4.29. The van der Waals surface area contributed by atoms with Gasteiger partial charge >= 0.3 is 0 Å². The van der Waals surface area contributed by atoms with E-state index < -0.39 is 0 Å². The van der Waals surface area contributed by atoms with Crippen LogP contribution >= 0.6 is 23.2 Å². The third-order valence-electron chi connectivity index (χ3n) is 4.21. The Morgan fingerprint density at radius 1 is 1.17 bits per heavy atom. The molecule has 0 bridgehead atoms. The van der Waals surface area contributed by atoms with Gasteiger partial charge in [0.2, 0.25) is 5.91 Å². The molecule has 3 rings (SSSR count). The highest BCUT2D eigenvalue weighted by atomic mass is 35.5. The molecule has 1 fully saturated rings. The zero-order valence-corrected chi connectivity index (χ0v) is 15.1. The molecule has 1 aromatic carbocycles. The number of benzene rings is 1. The van der Waals surface area contributed by atoms with Crippen molar-refractivity contribution in [2.45, 2.75) is 20.0 Å². The summed E-state index contributed by atoms with van der Waals surface area (Å²) in [7, 11) is 0. The molecule has 5 nitrogen and oxygen atoms in total. The van der Waals surface area contributed by atoms with Crippen molar-refractivity contribution in [3.05, 3.63) is 51.8 Å². The van der Waals surface area contributed by atoms with E-state index in [0.717, 1.165) is 44.0 Å². The number of carbonyl (C=O) groups is 1. The highest BCUT2D eigenvalue weighted by Crippen LogP contribution is 2.22. The van der Waals surface area contributed by atoms with E-state index in [4.69, 9.17) is 23.2 Å². The molecule has 0 unspecified atom stereocenters. The summed E-state index contributed by atoms with van der Waals surface area (Å²) < 4.78 is 1.69. The number of nitrogens with zero attached hydrogens (tertiary/aromatic N) is 4. The van der Waals surface area contributed by atoms with Crippen LogP contribution in [0.25, 0.3) is 0 Å². The number of aromatic nitrogens is 2. The van der Waals surface area contributed by atoms with Crippen molar-refractivity contribution in [3.63, 3.8) is 0 Å². The summed E-state index contributed by atoms with van der Waals surface area (Å²) in [6, 6.07) is 7.49. The summed E-state index contributed by atoms with van der Waals surface area (Å²) in [4.78, 5) is 16.5. The molecule has 1 saturated heterocycles. The fraction of sp³-hybridized carbons (Fsp3) is 0.412. The highest BCUT2D eigenvalue weighted by molar-refractivity contribution is 6.35. The van der Waals surface area contributed by atoms with E-state index >= 15 is 0 Å². The first-order chi connectivity index (χ1) is 11.5. The van der Waals surface area contributed by atoms with Crippen molar-refractivity contribution < 1.29 is 4.79 Å². The second-order valence-corrected chi connectivity index (χ2v) is 6.89. The summed E-state index contributed by atoms with van der Waals surface area (Å²) in [5.74, 6) is 0.113. The highest BCUT2D eigenvalue weighted by Gasteiger charge is 2.21. The van der Waals surface area contributed by atoms with Crippen LogP contribution in [0.4, 0.5) is 0 Å². The van der Waals surface area contributed by atoms with Crippen LogP contribution in [0.1, 0.15) is 11.3 Å². The first kappa shape index (κ1) is 17.3. The normalized spacial score (nSPS) is 15.7. The van der Waals surface area contributed by atoms with E-state index in [1.54, 1.807) is 10.7 Å². The predicted molar refractivity (Wildman–Crippen MR) is 95.3 cm³/mol. The Morgan fingerprint density at radius 3 is 2.54 bits per heavy atom. The summed E-state index contributed by atoms with van der Waals surface area (Å²) >= 11 is 12.2. The third-order valence-corrected chi connectivity index (χ3v) is 4.79. The van der Waals surface area contributed by atoms with Crippen LogP contribution in [-0.4, -0.2) is 51.7 Å². The van der Waals surface area contributed by atoms with Gasteiger partial charge in [-0.15, -0.1) is 0 Å². The summed E-state index contributed by atoms with van der Waals surface area (Å²) in [5.41, 5.74) is 1.99. The number of aryl methyl sites for hydroxylation is 1. The molecule has 128 valence electrons. The van der Waals surface area contributed by atoms with Crippen LogP contribution in [0, 0.1) is 6.92 Å². The smallest absolute Gasteiger partial charge is 0.244 e. The van der Waals surface area contributed by atoms with Crippen LogP contribution in [0.3, 0.4) is 0 Å². The lowest BCUT2D eigenvalue weighted by Gasteiger charge is -2.34. The quantitative estimate of drug-likeness (QED) is 0.835. The Hall–Kier alpha value is -1.56. The molecule has 1 amide bonds. The fourth-order valence-electron chi connectivity index (χ4n) is 2.84. The monoisotopic (exact) mass is 366 g/mol. The lowest BCUT2D eigenvalue weighted by molar-refractivity contribution is -0.133. The zero-order valence-electron chi connectivity index (χ0n) is 13.6. The molecule has 0 aliphatic carbocycles. The van der Waals surface area contributed by atoms with Gasteiger partial charge < -0.3 is 4.90 Å². The molecule has 0 spiro atoms. The average Bonchev–Trinajstić information content (AvgIpc) is 2.96. The number of piperazine rings is 1. The van der Waals surface area contributed by atoms with Crippen molar-refractivity contribution in [2.75, 3.05) is 26.2 Å². The van der Waals surface area contributed by atoms with Crippen LogP contribution < -0.4 is 0 Å². The molecule has 1 aromatic heterocycles. The molecular weight excluding hydrogens is 347 g/mol. The Balaban J connectivity index is 1.51.